The lowest BCUT2D eigenvalue weighted by molar-refractivity contribution is -0.136. The molecule has 0 unspecified atom stereocenters. The fraction of sp³-hybridized carbons (Fsp3) is 0.455. The van der Waals surface area contributed by atoms with Crippen molar-refractivity contribution in [2.24, 2.45) is 0 Å². The van der Waals surface area contributed by atoms with Gasteiger partial charge in [-0.15, -0.1) is 6.42 Å². The number of carboxylic acid groups (broad SMARTS) is 1. The van der Waals surface area contributed by atoms with Crippen LogP contribution >= 0.6 is 0 Å². The van der Waals surface area contributed by atoms with Gasteiger partial charge in [-0.1, -0.05) is 5.92 Å². The number of carbonyl (C=O) groups is 1. The fourth-order valence-electron chi connectivity index (χ4n) is 2.07. The average Bonchev–Trinajstić information content (AvgIpc) is 2.70. The van der Waals surface area contributed by atoms with Crippen molar-refractivity contribution < 1.29 is 9.90 Å². The van der Waals surface area contributed by atoms with Crippen LogP contribution in [0.3, 0.4) is 0 Å². The van der Waals surface area contributed by atoms with Crippen LogP contribution in [-0.4, -0.2) is 20.9 Å². The molecule has 1 aromatic heterocycles. The number of carboxylic acids is 1. The van der Waals surface area contributed by atoms with Gasteiger partial charge in [0.2, 0.25) is 0 Å². The highest BCUT2D eigenvalue weighted by atomic mass is 16.4. The first kappa shape index (κ1) is 9.78. The van der Waals surface area contributed by atoms with Gasteiger partial charge in [0, 0.05) is 0 Å². The Kier molecular flexibility index (Phi) is 2.46. The Morgan fingerprint density at radius 2 is 2.40 bits per heavy atom. The molecule has 0 radical (unpaired) electrons. The lowest BCUT2D eigenvalue weighted by atomic mass is 10.1. The van der Waals surface area contributed by atoms with Gasteiger partial charge in [-0.05, 0) is 24.8 Å². The van der Waals surface area contributed by atoms with Gasteiger partial charge in [-0.25, -0.2) is 0 Å². The van der Waals surface area contributed by atoms with Crippen molar-refractivity contribution in [3.63, 3.8) is 0 Å². The summed E-state index contributed by atoms with van der Waals surface area (Å²) in [5, 5.41) is 13.2. The number of aryl methyl sites for hydroxylation is 1. The van der Waals surface area contributed by atoms with Crippen LogP contribution in [-0.2, 0) is 30.6 Å². The van der Waals surface area contributed by atoms with E-state index in [-0.39, 0.29) is 6.42 Å². The molecule has 1 aromatic rings. The molecule has 1 N–H and O–H groups in total. The van der Waals surface area contributed by atoms with Crippen LogP contribution < -0.4 is 0 Å². The van der Waals surface area contributed by atoms with Crippen molar-refractivity contribution in [2.45, 2.75) is 32.2 Å². The number of terminal acetylenes is 1. The summed E-state index contributed by atoms with van der Waals surface area (Å²) in [6, 6.07) is 0. The van der Waals surface area contributed by atoms with E-state index in [1.54, 1.807) is 4.68 Å². The Labute approximate surface area is 87.9 Å². The molecule has 0 atom stereocenters. The third kappa shape index (κ3) is 1.73. The maximum Gasteiger partial charge on any atom is 0.309 e. The normalized spacial score (nSPS) is 13.5. The summed E-state index contributed by atoms with van der Waals surface area (Å²) < 4.78 is 1.65. The quantitative estimate of drug-likeness (QED) is 0.735. The van der Waals surface area contributed by atoms with Crippen LogP contribution in [0.1, 0.15) is 23.4 Å². The molecule has 1 aliphatic carbocycles. The van der Waals surface area contributed by atoms with E-state index in [9.17, 15) is 4.79 Å². The van der Waals surface area contributed by atoms with Gasteiger partial charge in [0.15, 0.2) is 0 Å². The minimum absolute atomic E-state index is 0.0179. The fourth-order valence-corrected chi connectivity index (χ4v) is 2.07. The standard InChI is InChI=1S/C11H12N2O2/c1-2-6-13-10(7-11(14)15)8-4-3-5-9(8)12-13/h1H,3-7H2,(H,14,15). The lowest BCUT2D eigenvalue weighted by Crippen LogP contribution is -2.10. The zero-order valence-electron chi connectivity index (χ0n) is 8.36. The van der Waals surface area contributed by atoms with Crippen LogP contribution in [0.5, 0.6) is 0 Å². The van der Waals surface area contributed by atoms with E-state index in [0.717, 1.165) is 36.2 Å². The zero-order valence-corrected chi connectivity index (χ0v) is 8.36. The van der Waals surface area contributed by atoms with Crippen molar-refractivity contribution in [3.8, 4) is 12.3 Å². The number of hydrogen-bond donors (Lipinski definition) is 1. The van der Waals surface area contributed by atoms with Gasteiger partial charge in [0.05, 0.1) is 17.8 Å². The summed E-state index contributed by atoms with van der Waals surface area (Å²) in [6.07, 6.45) is 8.19. The molecule has 4 heteroatoms. The molecule has 0 aliphatic heterocycles. The summed E-state index contributed by atoms with van der Waals surface area (Å²) in [6.45, 7) is 0.357. The van der Waals surface area contributed by atoms with Gasteiger partial charge in [0.1, 0.15) is 6.54 Å². The summed E-state index contributed by atoms with van der Waals surface area (Å²) in [4.78, 5) is 10.7. The molecule has 15 heavy (non-hydrogen) atoms. The van der Waals surface area contributed by atoms with Gasteiger partial charge in [0.25, 0.3) is 0 Å². The lowest BCUT2D eigenvalue weighted by Gasteiger charge is -2.03. The average molecular weight is 204 g/mol. The molecule has 78 valence electrons. The highest BCUT2D eigenvalue weighted by molar-refractivity contribution is 5.70. The second-order valence-electron chi connectivity index (χ2n) is 3.66. The largest absolute Gasteiger partial charge is 0.481 e. The molecular weight excluding hydrogens is 192 g/mol. The Hall–Kier alpha value is -1.76. The Morgan fingerprint density at radius 1 is 1.60 bits per heavy atom. The SMILES string of the molecule is C#CCn1nc2c(c1CC(=O)O)CCC2. The molecule has 0 saturated carbocycles. The highest BCUT2D eigenvalue weighted by Crippen LogP contribution is 2.25. The molecule has 0 spiro atoms. The molecular formula is C11H12N2O2. The van der Waals surface area contributed by atoms with Crippen LogP contribution in [0.4, 0.5) is 0 Å². The minimum Gasteiger partial charge on any atom is -0.481 e. The van der Waals surface area contributed by atoms with E-state index in [1.807, 2.05) is 0 Å². The topological polar surface area (TPSA) is 55.1 Å². The number of nitrogens with zero attached hydrogens (tertiary/aromatic N) is 2. The Bertz CT molecular complexity index is 440. The highest BCUT2D eigenvalue weighted by Gasteiger charge is 2.22. The van der Waals surface area contributed by atoms with Crippen molar-refractivity contribution in [1.82, 2.24) is 9.78 Å². The van der Waals surface area contributed by atoms with E-state index in [1.165, 1.54) is 0 Å². The van der Waals surface area contributed by atoms with E-state index in [2.05, 4.69) is 11.0 Å². The van der Waals surface area contributed by atoms with Gasteiger partial charge in [-0.3, -0.25) is 9.48 Å². The predicted octanol–water partition coefficient (Wildman–Crippen LogP) is 0.632. The third-order valence-corrected chi connectivity index (χ3v) is 2.65. The van der Waals surface area contributed by atoms with Gasteiger partial charge >= 0.3 is 5.97 Å². The molecule has 0 aromatic carbocycles. The number of rotatable bonds is 3. The third-order valence-electron chi connectivity index (χ3n) is 2.65. The minimum atomic E-state index is -0.831. The van der Waals surface area contributed by atoms with Crippen molar-refractivity contribution >= 4 is 5.97 Å². The van der Waals surface area contributed by atoms with Crippen molar-refractivity contribution in [2.75, 3.05) is 0 Å². The smallest absolute Gasteiger partial charge is 0.309 e. The summed E-state index contributed by atoms with van der Waals surface area (Å²) in [5.41, 5.74) is 2.92. The number of aliphatic carboxylic acids is 1. The van der Waals surface area contributed by atoms with Crippen molar-refractivity contribution in [3.05, 3.63) is 17.0 Å². The predicted molar refractivity (Wildman–Crippen MR) is 54.4 cm³/mol. The first-order chi connectivity index (χ1) is 7.22. The first-order valence-electron chi connectivity index (χ1n) is 4.95. The maximum atomic E-state index is 10.7. The maximum absolute atomic E-state index is 10.7. The van der Waals surface area contributed by atoms with E-state index in [4.69, 9.17) is 11.5 Å². The van der Waals surface area contributed by atoms with E-state index in [0.29, 0.717) is 6.54 Å². The Morgan fingerprint density at radius 3 is 3.07 bits per heavy atom. The molecule has 0 saturated heterocycles. The molecule has 0 fully saturated rings. The molecule has 1 heterocycles. The second-order valence-corrected chi connectivity index (χ2v) is 3.66. The van der Waals surface area contributed by atoms with Crippen LogP contribution in [0.25, 0.3) is 0 Å². The van der Waals surface area contributed by atoms with Crippen molar-refractivity contribution in [1.29, 1.82) is 0 Å². The molecule has 0 bridgehead atoms. The summed E-state index contributed by atoms with van der Waals surface area (Å²) in [7, 11) is 0. The second kappa shape index (κ2) is 3.77. The molecule has 4 nitrogen and oxygen atoms in total. The van der Waals surface area contributed by atoms with Crippen LogP contribution in [0.15, 0.2) is 0 Å². The number of fused-ring (bicyclic) bond motifs is 1. The number of hydrogen-bond acceptors (Lipinski definition) is 2. The van der Waals surface area contributed by atoms with Gasteiger partial charge < -0.3 is 5.11 Å². The number of aromatic nitrogens is 2. The molecule has 1 aliphatic rings. The van der Waals surface area contributed by atoms with Crippen LogP contribution in [0.2, 0.25) is 0 Å². The zero-order chi connectivity index (χ0) is 10.8. The summed E-state index contributed by atoms with van der Waals surface area (Å²) in [5.74, 6) is 1.66. The first-order valence-corrected chi connectivity index (χ1v) is 4.95. The molecule has 2 rings (SSSR count). The van der Waals surface area contributed by atoms with E-state index >= 15 is 0 Å². The Balaban J connectivity index is 2.39. The summed E-state index contributed by atoms with van der Waals surface area (Å²) >= 11 is 0. The van der Waals surface area contributed by atoms with Gasteiger partial charge in [-0.2, -0.15) is 5.10 Å². The van der Waals surface area contributed by atoms with E-state index < -0.39 is 5.97 Å². The monoisotopic (exact) mass is 204 g/mol. The van der Waals surface area contributed by atoms with Crippen LogP contribution in [0, 0.1) is 12.3 Å². The molecule has 0 amide bonds.